The number of aryl methyl sites for hydroxylation is 1. The summed E-state index contributed by atoms with van der Waals surface area (Å²) in [4.78, 5) is 14.9. The van der Waals surface area contributed by atoms with Crippen LogP contribution in [0.15, 0.2) is 60.8 Å². The van der Waals surface area contributed by atoms with Crippen LogP contribution in [-0.4, -0.2) is 22.0 Å². The molecule has 27 heavy (non-hydrogen) atoms. The van der Waals surface area contributed by atoms with Gasteiger partial charge < -0.3 is 14.8 Å². The molecule has 0 unspecified atom stereocenters. The van der Waals surface area contributed by atoms with Gasteiger partial charge in [0, 0.05) is 40.7 Å². The van der Waals surface area contributed by atoms with Crippen molar-refractivity contribution in [2.24, 2.45) is 0 Å². The molecule has 6 heteroatoms. The number of carbonyl (C=O) groups excluding carboxylic acids is 1. The van der Waals surface area contributed by atoms with Gasteiger partial charge in [-0.1, -0.05) is 41.4 Å². The van der Waals surface area contributed by atoms with Gasteiger partial charge in [0.25, 0.3) is 0 Å². The van der Waals surface area contributed by atoms with Crippen molar-refractivity contribution in [2.75, 3.05) is 11.9 Å². The average Bonchev–Trinajstić information content (AvgIpc) is 3.10. The first-order valence-electron chi connectivity index (χ1n) is 8.77. The molecule has 2 amide bonds. The molecular weight excluding hydrogens is 381 g/mol. The fourth-order valence-electron chi connectivity index (χ4n) is 3.57. The van der Waals surface area contributed by atoms with Gasteiger partial charge in [-0.15, -0.1) is 0 Å². The van der Waals surface area contributed by atoms with Gasteiger partial charge in [-0.3, -0.25) is 0 Å². The number of aromatic nitrogens is 1. The lowest BCUT2D eigenvalue weighted by Gasteiger charge is -2.37. The second kappa shape index (κ2) is 7.29. The molecule has 1 aromatic heterocycles. The Balaban J connectivity index is 1.71. The van der Waals surface area contributed by atoms with E-state index in [1.165, 1.54) is 0 Å². The van der Waals surface area contributed by atoms with E-state index in [-0.39, 0.29) is 12.1 Å². The topological polar surface area (TPSA) is 37.3 Å². The monoisotopic (exact) mass is 399 g/mol. The van der Waals surface area contributed by atoms with E-state index < -0.39 is 0 Å². The Morgan fingerprint density at radius 2 is 1.93 bits per heavy atom. The molecule has 3 aromatic rings. The van der Waals surface area contributed by atoms with Crippen molar-refractivity contribution in [3.05, 3.63) is 87.7 Å². The van der Waals surface area contributed by atoms with Gasteiger partial charge in [0.2, 0.25) is 0 Å². The molecule has 1 N–H and O–H groups in total. The first kappa shape index (κ1) is 18.0. The van der Waals surface area contributed by atoms with Gasteiger partial charge in [0.05, 0.1) is 0 Å². The Kier molecular flexibility index (Phi) is 4.85. The highest BCUT2D eigenvalue weighted by molar-refractivity contribution is 6.35. The van der Waals surface area contributed by atoms with E-state index in [4.69, 9.17) is 23.2 Å². The zero-order valence-electron chi connectivity index (χ0n) is 14.8. The maximum Gasteiger partial charge on any atom is 0.322 e. The third kappa shape index (κ3) is 3.55. The van der Waals surface area contributed by atoms with E-state index in [2.05, 4.69) is 9.88 Å². The largest absolute Gasteiger partial charge is 0.348 e. The normalized spacial score (nSPS) is 16.1. The molecule has 0 bridgehead atoms. The lowest BCUT2D eigenvalue weighted by atomic mass is 10.00. The third-order valence-corrected chi connectivity index (χ3v) is 5.39. The first-order chi connectivity index (χ1) is 13.0. The van der Waals surface area contributed by atoms with Crippen molar-refractivity contribution < 1.29 is 4.79 Å². The van der Waals surface area contributed by atoms with Crippen molar-refractivity contribution >= 4 is 34.9 Å². The minimum absolute atomic E-state index is 0.149. The van der Waals surface area contributed by atoms with E-state index in [0.29, 0.717) is 16.6 Å². The Morgan fingerprint density at radius 1 is 1.07 bits per heavy atom. The number of carbonyl (C=O) groups is 1. The van der Waals surface area contributed by atoms with Crippen LogP contribution in [-0.2, 0) is 6.54 Å². The maximum atomic E-state index is 13.1. The molecule has 1 aliphatic rings. The van der Waals surface area contributed by atoms with Crippen LogP contribution < -0.4 is 5.32 Å². The number of amides is 2. The van der Waals surface area contributed by atoms with Crippen LogP contribution in [0.1, 0.15) is 22.9 Å². The van der Waals surface area contributed by atoms with Crippen molar-refractivity contribution in [1.29, 1.82) is 0 Å². The van der Waals surface area contributed by atoms with Crippen LogP contribution in [0.25, 0.3) is 0 Å². The lowest BCUT2D eigenvalue weighted by Crippen LogP contribution is -2.44. The second-order valence-electron chi connectivity index (χ2n) is 6.69. The number of urea groups is 1. The summed E-state index contributed by atoms with van der Waals surface area (Å²) in [6.07, 6.45) is 2.03. The number of nitrogens with one attached hydrogen (secondary N) is 1. The molecular formula is C21H19Cl2N3O. The van der Waals surface area contributed by atoms with Crippen molar-refractivity contribution in [3.63, 3.8) is 0 Å². The summed E-state index contributed by atoms with van der Waals surface area (Å²) in [7, 11) is 0. The van der Waals surface area contributed by atoms with Crippen molar-refractivity contribution in [2.45, 2.75) is 19.5 Å². The summed E-state index contributed by atoms with van der Waals surface area (Å²) in [5.74, 6) is 0. The smallest absolute Gasteiger partial charge is 0.322 e. The van der Waals surface area contributed by atoms with Crippen molar-refractivity contribution in [1.82, 2.24) is 9.47 Å². The summed E-state index contributed by atoms with van der Waals surface area (Å²) in [6.45, 7) is 3.33. The van der Waals surface area contributed by atoms with Crippen LogP contribution in [0.2, 0.25) is 10.0 Å². The van der Waals surface area contributed by atoms with Crippen LogP contribution in [0.3, 0.4) is 0 Å². The van der Waals surface area contributed by atoms with Crippen LogP contribution in [0, 0.1) is 6.92 Å². The molecule has 0 saturated carbocycles. The van der Waals surface area contributed by atoms with Gasteiger partial charge >= 0.3 is 6.03 Å². The standard InChI is InChI=1S/C21H19Cl2N3O/c1-14-4-2-5-16(12-14)24-21(27)26-11-10-25-9-3-6-19(25)20(26)17-8-7-15(22)13-18(17)23/h2-9,12-13,20H,10-11H2,1H3,(H,24,27)/t20-/m1/s1. The molecule has 0 aliphatic carbocycles. The Morgan fingerprint density at radius 3 is 2.70 bits per heavy atom. The lowest BCUT2D eigenvalue weighted by molar-refractivity contribution is 0.182. The molecule has 0 saturated heterocycles. The summed E-state index contributed by atoms with van der Waals surface area (Å²) >= 11 is 12.6. The fraction of sp³-hybridized carbons (Fsp3) is 0.190. The molecule has 0 radical (unpaired) electrons. The fourth-order valence-corrected chi connectivity index (χ4v) is 4.08. The number of hydrogen-bond donors (Lipinski definition) is 1. The van der Waals surface area contributed by atoms with Crippen LogP contribution in [0.4, 0.5) is 10.5 Å². The van der Waals surface area contributed by atoms with E-state index in [1.54, 1.807) is 12.1 Å². The Labute approximate surface area is 168 Å². The summed E-state index contributed by atoms with van der Waals surface area (Å²) < 4.78 is 2.16. The van der Waals surface area contributed by atoms with E-state index >= 15 is 0 Å². The molecule has 2 aromatic carbocycles. The minimum atomic E-state index is -0.275. The van der Waals surface area contributed by atoms with Crippen molar-refractivity contribution in [3.8, 4) is 0 Å². The SMILES string of the molecule is Cc1cccc(NC(=O)N2CCn3cccc3[C@H]2c2ccc(Cl)cc2Cl)c1. The maximum absolute atomic E-state index is 13.1. The molecule has 138 valence electrons. The number of benzene rings is 2. The molecule has 1 atom stereocenters. The number of nitrogens with zero attached hydrogens (tertiary/aromatic N) is 2. The first-order valence-corrected chi connectivity index (χ1v) is 9.53. The highest BCUT2D eigenvalue weighted by Crippen LogP contribution is 2.37. The van der Waals surface area contributed by atoms with E-state index in [1.807, 2.05) is 60.5 Å². The zero-order valence-corrected chi connectivity index (χ0v) is 16.3. The molecule has 0 fully saturated rings. The molecule has 2 heterocycles. The van der Waals surface area contributed by atoms with Gasteiger partial charge in [0.1, 0.15) is 6.04 Å². The number of rotatable bonds is 2. The summed E-state index contributed by atoms with van der Waals surface area (Å²) in [5, 5.41) is 4.14. The average molecular weight is 400 g/mol. The van der Waals surface area contributed by atoms with Crippen LogP contribution in [0.5, 0.6) is 0 Å². The second-order valence-corrected chi connectivity index (χ2v) is 7.53. The summed E-state index contributed by atoms with van der Waals surface area (Å²) in [6, 6.07) is 16.8. The molecule has 4 rings (SSSR count). The predicted molar refractivity (Wildman–Crippen MR) is 110 cm³/mol. The Hall–Kier alpha value is -2.43. The number of anilines is 1. The highest BCUT2D eigenvalue weighted by Gasteiger charge is 2.33. The third-order valence-electron chi connectivity index (χ3n) is 4.83. The quantitative estimate of drug-likeness (QED) is 0.585. The van der Waals surface area contributed by atoms with E-state index in [9.17, 15) is 4.79 Å². The predicted octanol–water partition coefficient (Wildman–Crippen LogP) is 5.74. The molecule has 4 nitrogen and oxygen atoms in total. The van der Waals surface area contributed by atoms with Gasteiger partial charge in [-0.2, -0.15) is 0 Å². The molecule has 1 aliphatic heterocycles. The highest BCUT2D eigenvalue weighted by atomic mass is 35.5. The summed E-state index contributed by atoms with van der Waals surface area (Å²) in [5.41, 5.74) is 3.77. The van der Waals surface area contributed by atoms with Gasteiger partial charge in [-0.05, 0) is 54.4 Å². The number of fused-ring (bicyclic) bond motifs is 1. The zero-order chi connectivity index (χ0) is 19.0. The number of halogens is 2. The number of hydrogen-bond acceptors (Lipinski definition) is 1. The van der Waals surface area contributed by atoms with E-state index in [0.717, 1.165) is 29.1 Å². The van der Waals surface area contributed by atoms with Gasteiger partial charge in [0.15, 0.2) is 0 Å². The Bertz CT molecular complexity index is 999. The molecule has 0 spiro atoms. The van der Waals surface area contributed by atoms with Crippen LogP contribution >= 0.6 is 23.2 Å². The van der Waals surface area contributed by atoms with Gasteiger partial charge in [-0.25, -0.2) is 4.79 Å². The minimum Gasteiger partial charge on any atom is -0.348 e.